The molecule has 0 aromatic heterocycles. The highest BCUT2D eigenvalue weighted by molar-refractivity contribution is 9.10. The van der Waals surface area contributed by atoms with Crippen molar-refractivity contribution in [2.24, 2.45) is 0 Å². The van der Waals surface area contributed by atoms with Crippen molar-refractivity contribution in [3.8, 4) is 11.8 Å². The average Bonchev–Trinajstić information content (AvgIpc) is 2.39. The maximum atomic E-state index is 11.3. The van der Waals surface area contributed by atoms with E-state index >= 15 is 0 Å². The van der Waals surface area contributed by atoms with Crippen LogP contribution in [0, 0.1) is 11.8 Å². The number of hydrogen-bond acceptors (Lipinski definition) is 4. The normalized spacial score (nSPS) is 9.06. The van der Waals surface area contributed by atoms with E-state index < -0.39 is 5.97 Å². The van der Waals surface area contributed by atoms with Crippen LogP contribution in [0.4, 0.5) is 0 Å². The van der Waals surface area contributed by atoms with Gasteiger partial charge in [-0.25, -0.2) is 4.79 Å². The lowest BCUT2D eigenvalue weighted by Crippen LogP contribution is -2.01. The average molecular weight is 311 g/mol. The molecule has 0 saturated carbocycles. The van der Waals surface area contributed by atoms with Crippen LogP contribution in [0.2, 0.25) is 0 Å². The van der Waals surface area contributed by atoms with Crippen molar-refractivity contribution in [3.63, 3.8) is 0 Å². The molecule has 0 N–H and O–H groups in total. The van der Waals surface area contributed by atoms with Crippen LogP contribution in [0.3, 0.4) is 0 Å². The van der Waals surface area contributed by atoms with E-state index in [1.807, 2.05) is 0 Å². The van der Waals surface area contributed by atoms with Gasteiger partial charge in [0.15, 0.2) is 0 Å². The first-order valence-corrected chi connectivity index (χ1v) is 5.81. The second-order valence-corrected chi connectivity index (χ2v) is 4.10. The van der Waals surface area contributed by atoms with E-state index in [4.69, 9.17) is 0 Å². The Morgan fingerprint density at radius 1 is 1.28 bits per heavy atom. The van der Waals surface area contributed by atoms with Crippen LogP contribution >= 0.6 is 15.9 Å². The molecule has 0 radical (unpaired) electrons. The first kappa shape index (κ1) is 14.3. The predicted octanol–water partition coefficient (Wildman–Crippen LogP) is 2.15. The smallest absolute Gasteiger partial charge is 0.337 e. The minimum atomic E-state index is -0.412. The quantitative estimate of drug-likeness (QED) is 0.620. The molecular formula is C13H11BrO4. The standard InChI is InChI=1S/C13H11BrO4/c1-17-12(15)5-3-4-9-6-7-10(8-11(9)14)13(16)18-2/h6-8H,5H2,1-2H3. The summed E-state index contributed by atoms with van der Waals surface area (Å²) >= 11 is 3.30. The fraction of sp³-hybridized carbons (Fsp3) is 0.231. The van der Waals surface area contributed by atoms with Crippen LogP contribution in [0.15, 0.2) is 22.7 Å². The SMILES string of the molecule is COC(=O)CC#Cc1ccc(C(=O)OC)cc1Br. The second kappa shape index (κ2) is 6.82. The zero-order chi connectivity index (χ0) is 13.5. The van der Waals surface area contributed by atoms with Gasteiger partial charge in [0.2, 0.25) is 0 Å². The Balaban J connectivity index is 2.86. The maximum absolute atomic E-state index is 11.3. The molecule has 0 heterocycles. The van der Waals surface area contributed by atoms with Gasteiger partial charge in [-0.05, 0) is 34.1 Å². The summed E-state index contributed by atoms with van der Waals surface area (Å²) in [5, 5.41) is 0. The fourth-order valence-electron chi connectivity index (χ4n) is 1.15. The van der Waals surface area contributed by atoms with Gasteiger partial charge in [-0.15, -0.1) is 0 Å². The molecule has 0 spiro atoms. The fourth-order valence-corrected chi connectivity index (χ4v) is 1.62. The van der Waals surface area contributed by atoms with E-state index in [1.54, 1.807) is 18.2 Å². The van der Waals surface area contributed by atoms with Crippen molar-refractivity contribution in [2.45, 2.75) is 6.42 Å². The first-order chi connectivity index (χ1) is 8.58. The van der Waals surface area contributed by atoms with E-state index in [0.717, 1.165) is 0 Å². The number of esters is 2. The van der Waals surface area contributed by atoms with E-state index in [2.05, 4.69) is 37.2 Å². The highest BCUT2D eigenvalue weighted by Gasteiger charge is 2.07. The molecule has 1 aromatic carbocycles. The van der Waals surface area contributed by atoms with Crippen molar-refractivity contribution >= 4 is 27.9 Å². The maximum Gasteiger partial charge on any atom is 0.337 e. The van der Waals surface area contributed by atoms with Gasteiger partial charge in [0.25, 0.3) is 0 Å². The molecule has 4 nitrogen and oxygen atoms in total. The molecule has 0 aliphatic heterocycles. The summed E-state index contributed by atoms with van der Waals surface area (Å²) in [6, 6.07) is 4.91. The molecule has 0 saturated heterocycles. The number of ether oxygens (including phenoxy) is 2. The van der Waals surface area contributed by atoms with Crippen molar-refractivity contribution in [2.75, 3.05) is 14.2 Å². The number of carbonyl (C=O) groups is 2. The number of benzene rings is 1. The molecular weight excluding hydrogens is 300 g/mol. The second-order valence-electron chi connectivity index (χ2n) is 3.24. The summed E-state index contributed by atoms with van der Waals surface area (Å²) in [7, 11) is 2.63. The Labute approximate surface area is 113 Å². The van der Waals surface area contributed by atoms with Crippen LogP contribution < -0.4 is 0 Å². The number of hydrogen-bond donors (Lipinski definition) is 0. The summed E-state index contributed by atoms with van der Waals surface area (Å²) in [6.07, 6.45) is 0.0295. The zero-order valence-electron chi connectivity index (χ0n) is 9.95. The van der Waals surface area contributed by atoms with Gasteiger partial charge in [-0.1, -0.05) is 11.8 Å². The highest BCUT2D eigenvalue weighted by Crippen LogP contribution is 2.18. The van der Waals surface area contributed by atoms with Gasteiger partial charge >= 0.3 is 11.9 Å². The largest absolute Gasteiger partial charge is 0.468 e. The Morgan fingerprint density at radius 3 is 2.56 bits per heavy atom. The molecule has 0 atom stereocenters. The van der Waals surface area contributed by atoms with E-state index in [-0.39, 0.29) is 12.4 Å². The lowest BCUT2D eigenvalue weighted by atomic mass is 10.1. The van der Waals surface area contributed by atoms with Crippen molar-refractivity contribution in [1.82, 2.24) is 0 Å². The topological polar surface area (TPSA) is 52.6 Å². The Morgan fingerprint density at radius 2 is 2.00 bits per heavy atom. The molecule has 94 valence electrons. The lowest BCUT2D eigenvalue weighted by Gasteiger charge is -2.01. The van der Waals surface area contributed by atoms with Crippen molar-refractivity contribution in [3.05, 3.63) is 33.8 Å². The first-order valence-electron chi connectivity index (χ1n) is 5.02. The summed E-state index contributed by atoms with van der Waals surface area (Å²) in [6.45, 7) is 0. The van der Waals surface area contributed by atoms with Crippen LogP contribution in [0.5, 0.6) is 0 Å². The van der Waals surface area contributed by atoms with Crippen molar-refractivity contribution in [1.29, 1.82) is 0 Å². The summed E-state index contributed by atoms with van der Waals surface area (Å²) in [5.41, 5.74) is 1.12. The lowest BCUT2D eigenvalue weighted by molar-refractivity contribution is -0.139. The Bertz CT molecular complexity index is 526. The Kier molecular flexibility index (Phi) is 5.40. The Hall–Kier alpha value is -1.80. The molecule has 0 unspecified atom stereocenters. The minimum Gasteiger partial charge on any atom is -0.468 e. The highest BCUT2D eigenvalue weighted by atomic mass is 79.9. The third-order valence-electron chi connectivity index (χ3n) is 2.07. The summed E-state index contributed by atoms with van der Waals surface area (Å²) in [5.74, 6) is 4.70. The van der Waals surface area contributed by atoms with Crippen molar-refractivity contribution < 1.29 is 19.1 Å². The monoisotopic (exact) mass is 310 g/mol. The van der Waals surface area contributed by atoms with Gasteiger partial charge in [0.05, 0.1) is 19.8 Å². The molecule has 0 aliphatic carbocycles. The molecule has 0 aliphatic rings. The molecule has 18 heavy (non-hydrogen) atoms. The number of rotatable bonds is 2. The predicted molar refractivity (Wildman–Crippen MR) is 69.0 cm³/mol. The zero-order valence-corrected chi connectivity index (χ0v) is 11.5. The van der Waals surface area contributed by atoms with Crippen LogP contribution in [0.1, 0.15) is 22.3 Å². The molecule has 0 amide bonds. The third kappa shape index (κ3) is 3.90. The molecule has 1 rings (SSSR count). The number of methoxy groups -OCH3 is 2. The van der Waals surface area contributed by atoms with Crippen LogP contribution in [-0.4, -0.2) is 26.2 Å². The molecule has 1 aromatic rings. The molecule has 0 bridgehead atoms. The summed E-state index contributed by atoms with van der Waals surface area (Å²) < 4.78 is 9.74. The third-order valence-corrected chi connectivity index (χ3v) is 2.73. The number of carbonyl (C=O) groups excluding carboxylic acids is 2. The number of halogens is 1. The minimum absolute atomic E-state index is 0.0295. The van der Waals surface area contributed by atoms with Gasteiger partial charge in [0.1, 0.15) is 6.42 Å². The van der Waals surface area contributed by atoms with Gasteiger partial charge < -0.3 is 9.47 Å². The van der Waals surface area contributed by atoms with Crippen LogP contribution in [0.25, 0.3) is 0 Å². The van der Waals surface area contributed by atoms with E-state index in [0.29, 0.717) is 15.6 Å². The molecule has 0 fully saturated rings. The van der Waals surface area contributed by atoms with E-state index in [1.165, 1.54) is 14.2 Å². The van der Waals surface area contributed by atoms with E-state index in [9.17, 15) is 9.59 Å². The van der Waals surface area contributed by atoms with Crippen LogP contribution in [-0.2, 0) is 14.3 Å². The molecule has 5 heteroatoms. The van der Waals surface area contributed by atoms with Gasteiger partial charge in [0, 0.05) is 10.0 Å². The summed E-state index contributed by atoms with van der Waals surface area (Å²) in [4.78, 5) is 22.2. The van der Waals surface area contributed by atoms with Gasteiger partial charge in [-0.2, -0.15) is 0 Å². The van der Waals surface area contributed by atoms with Gasteiger partial charge in [-0.3, -0.25) is 4.79 Å².